The number of para-hydroxylation sites is 1. The second-order valence-electron chi connectivity index (χ2n) is 7.14. The minimum atomic E-state index is -0.310. The minimum Gasteiger partial charge on any atom is -0.450 e. The molecule has 2 aromatic carbocycles. The maximum absolute atomic E-state index is 13.6. The number of piperazine rings is 1. The molecule has 0 aliphatic carbocycles. The highest BCUT2D eigenvalue weighted by Crippen LogP contribution is 2.34. The highest BCUT2D eigenvalue weighted by Gasteiger charge is 2.29. The van der Waals surface area contributed by atoms with Gasteiger partial charge in [0.05, 0.1) is 17.9 Å². The zero-order valence-electron chi connectivity index (χ0n) is 16.8. The molecule has 0 spiro atoms. The third-order valence-corrected chi connectivity index (χ3v) is 5.46. The number of amides is 2. The standard InChI is InChI=1S/C23H25N3O3/c1-3-29-23(28)26-15-13-25(14-16-26)22(27)20-18-11-7-8-12-19(18)24(2)21(20)17-9-5-4-6-10-17/h4-12H,3,13-16H2,1-2H3. The quantitative estimate of drug-likeness (QED) is 0.683. The van der Waals surface area contributed by atoms with E-state index in [0.29, 0.717) is 32.8 Å². The van der Waals surface area contributed by atoms with Crippen LogP contribution in [0.25, 0.3) is 22.2 Å². The molecular formula is C23H25N3O3. The van der Waals surface area contributed by atoms with Crippen LogP contribution < -0.4 is 0 Å². The first-order chi connectivity index (χ1) is 14.1. The summed E-state index contributed by atoms with van der Waals surface area (Å²) in [5, 5.41) is 0.951. The molecule has 150 valence electrons. The summed E-state index contributed by atoms with van der Waals surface area (Å²) in [5.41, 5.74) is 3.68. The van der Waals surface area contributed by atoms with Gasteiger partial charge in [-0.25, -0.2) is 4.79 Å². The molecule has 4 rings (SSSR count). The van der Waals surface area contributed by atoms with Gasteiger partial charge in [0.1, 0.15) is 0 Å². The lowest BCUT2D eigenvalue weighted by Gasteiger charge is -2.34. The van der Waals surface area contributed by atoms with Crippen molar-refractivity contribution >= 4 is 22.9 Å². The van der Waals surface area contributed by atoms with Crippen LogP contribution in [-0.2, 0) is 11.8 Å². The molecule has 1 aliphatic heterocycles. The van der Waals surface area contributed by atoms with Crippen LogP contribution in [0.4, 0.5) is 4.79 Å². The Balaban J connectivity index is 1.69. The summed E-state index contributed by atoms with van der Waals surface area (Å²) in [6.07, 6.45) is -0.310. The predicted molar refractivity (Wildman–Crippen MR) is 113 cm³/mol. The van der Waals surface area contributed by atoms with Gasteiger partial charge in [0.15, 0.2) is 0 Å². The van der Waals surface area contributed by atoms with Crippen LogP contribution in [-0.4, -0.2) is 59.2 Å². The Labute approximate surface area is 170 Å². The summed E-state index contributed by atoms with van der Waals surface area (Å²) < 4.78 is 7.17. The second-order valence-corrected chi connectivity index (χ2v) is 7.14. The molecule has 1 saturated heterocycles. The Morgan fingerprint density at radius 2 is 1.52 bits per heavy atom. The van der Waals surface area contributed by atoms with E-state index < -0.39 is 0 Å². The van der Waals surface area contributed by atoms with Gasteiger partial charge in [0.25, 0.3) is 5.91 Å². The van der Waals surface area contributed by atoms with E-state index in [1.807, 2.05) is 66.5 Å². The number of fused-ring (bicyclic) bond motifs is 1. The van der Waals surface area contributed by atoms with Gasteiger partial charge in [-0.2, -0.15) is 0 Å². The largest absolute Gasteiger partial charge is 0.450 e. The van der Waals surface area contributed by atoms with E-state index in [1.54, 1.807) is 11.8 Å². The van der Waals surface area contributed by atoms with Crippen LogP contribution in [0.1, 0.15) is 17.3 Å². The van der Waals surface area contributed by atoms with E-state index in [2.05, 4.69) is 4.57 Å². The molecule has 0 unspecified atom stereocenters. The molecule has 0 atom stereocenters. The highest BCUT2D eigenvalue weighted by atomic mass is 16.6. The van der Waals surface area contributed by atoms with E-state index in [1.165, 1.54) is 0 Å². The first kappa shape index (κ1) is 19.1. The molecule has 2 amide bonds. The first-order valence-electron chi connectivity index (χ1n) is 9.95. The van der Waals surface area contributed by atoms with Crippen molar-refractivity contribution in [3.8, 4) is 11.3 Å². The molecule has 2 heterocycles. The van der Waals surface area contributed by atoms with Crippen molar-refractivity contribution in [2.24, 2.45) is 7.05 Å². The summed E-state index contributed by atoms with van der Waals surface area (Å²) in [6.45, 7) is 4.11. The van der Waals surface area contributed by atoms with E-state index in [0.717, 1.165) is 27.7 Å². The zero-order valence-corrected chi connectivity index (χ0v) is 16.8. The van der Waals surface area contributed by atoms with Crippen molar-refractivity contribution in [3.05, 3.63) is 60.2 Å². The Hall–Kier alpha value is -3.28. The summed E-state index contributed by atoms with van der Waals surface area (Å²) in [4.78, 5) is 29.1. The third-order valence-electron chi connectivity index (χ3n) is 5.46. The van der Waals surface area contributed by atoms with E-state index in [-0.39, 0.29) is 12.0 Å². The fourth-order valence-electron chi connectivity index (χ4n) is 4.01. The zero-order chi connectivity index (χ0) is 20.4. The van der Waals surface area contributed by atoms with Crippen LogP contribution in [0.15, 0.2) is 54.6 Å². The topological polar surface area (TPSA) is 54.8 Å². The molecule has 0 N–H and O–H groups in total. The van der Waals surface area contributed by atoms with Gasteiger partial charge >= 0.3 is 6.09 Å². The Morgan fingerprint density at radius 3 is 2.21 bits per heavy atom. The molecular weight excluding hydrogens is 366 g/mol. The monoisotopic (exact) mass is 391 g/mol. The smallest absolute Gasteiger partial charge is 0.409 e. The van der Waals surface area contributed by atoms with Gasteiger partial charge < -0.3 is 19.1 Å². The average molecular weight is 391 g/mol. The first-order valence-corrected chi connectivity index (χ1v) is 9.95. The molecule has 1 aromatic heterocycles. The molecule has 6 nitrogen and oxygen atoms in total. The van der Waals surface area contributed by atoms with Crippen LogP contribution in [0.3, 0.4) is 0 Å². The third kappa shape index (κ3) is 3.46. The molecule has 0 radical (unpaired) electrons. The van der Waals surface area contributed by atoms with E-state index >= 15 is 0 Å². The molecule has 1 aliphatic rings. The SMILES string of the molecule is CCOC(=O)N1CCN(C(=O)c2c(-c3ccccc3)n(C)c3ccccc23)CC1. The lowest BCUT2D eigenvalue weighted by molar-refractivity contribution is 0.0572. The molecule has 1 fully saturated rings. The maximum Gasteiger partial charge on any atom is 0.409 e. The van der Waals surface area contributed by atoms with Crippen molar-refractivity contribution in [1.29, 1.82) is 0 Å². The molecule has 0 bridgehead atoms. The van der Waals surface area contributed by atoms with Crippen molar-refractivity contribution in [2.75, 3.05) is 32.8 Å². The number of benzene rings is 2. The van der Waals surface area contributed by atoms with E-state index in [9.17, 15) is 9.59 Å². The number of ether oxygens (including phenoxy) is 1. The van der Waals surface area contributed by atoms with Crippen LogP contribution in [0.2, 0.25) is 0 Å². The van der Waals surface area contributed by atoms with Gasteiger partial charge in [-0.3, -0.25) is 4.79 Å². The molecule has 29 heavy (non-hydrogen) atoms. The normalized spacial score (nSPS) is 14.3. The number of hydrogen-bond acceptors (Lipinski definition) is 3. The molecule has 6 heteroatoms. The number of aromatic nitrogens is 1. The Bertz CT molecular complexity index is 1030. The van der Waals surface area contributed by atoms with Crippen LogP contribution in [0.5, 0.6) is 0 Å². The average Bonchev–Trinajstić information content (AvgIpc) is 3.07. The fraction of sp³-hybridized carbons (Fsp3) is 0.304. The lowest BCUT2D eigenvalue weighted by atomic mass is 10.0. The van der Waals surface area contributed by atoms with Crippen molar-refractivity contribution in [3.63, 3.8) is 0 Å². The Morgan fingerprint density at radius 1 is 0.897 bits per heavy atom. The van der Waals surface area contributed by atoms with E-state index in [4.69, 9.17) is 4.74 Å². The van der Waals surface area contributed by atoms with Crippen LogP contribution in [0, 0.1) is 0 Å². The second kappa shape index (κ2) is 7.99. The van der Waals surface area contributed by atoms with Crippen molar-refractivity contribution < 1.29 is 14.3 Å². The van der Waals surface area contributed by atoms with Gasteiger partial charge in [-0.1, -0.05) is 48.5 Å². The number of carbonyl (C=O) groups is 2. The summed E-state index contributed by atoms with van der Waals surface area (Å²) in [5.74, 6) is 0.00385. The maximum atomic E-state index is 13.6. The summed E-state index contributed by atoms with van der Waals surface area (Å²) >= 11 is 0. The minimum absolute atomic E-state index is 0.00385. The van der Waals surface area contributed by atoms with Gasteiger partial charge in [0, 0.05) is 44.1 Å². The number of nitrogens with zero attached hydrogens (tertiary/aromatic N) is 3. The fourth-order valence-corrected chi connectivity index (χ4v) is 4.01. The van der Waals surface area contributed by atoms with Gasteiger partial charge in [0.2, 0.25) is 0 Å². The predicted octanol–water partition coefficient (Wildman–Crippen LogP) is 3.76. The van der Waals surface area contributed by atoms with Crippen molar-refractivity contribution in [2.45, 2.75) is 6.92 Å². The van der Waals surface area contributed by atoms with Gasteiger partial charge in [-0.15, -0.1) is 0 Å². The number of hydrogen-bond donors (Lipinski definition) is 0. The highest BCUT2D eigenvalue weighted by molar-refractivity contribution is 6.12. The summed E-state index contributed by atoms with van der Waals surface area (Å²) in [7, 11) is 2.00. The Kier molecular flexibility index (Phi) is 5.25. The van der Waals surface area contributed by atoms with Crippen LogP contribution >= 0.6 is 0 Å². The number of carbonyl (C=O) groups excluding carboxylic acids is 2. The number of aryl methyl sites for hydroxylation is 1. The molecule has 3 aromatic rings. The molecule has 0 saturated carbocycles. The summed E-state index contributed by atoms with van der Waals surface area (Å²) in [6, 6.07) is 18.0. The van der Waals surface area contributed by atoms with Crippen molar-refractivity contribution in [1.82, 2.24) is 14.4 Å². The lowest BCUT2D eigenvalue weighted by Crippen LogP contribution is -2.50. The number of rotatable bonds is 3. The van der Waals surface area contributed by atoms with Gasteiger partial charge in [-0.05, 0) is 18.6 Å².